The number of allylic oxidation sites excluding steroid dienone is 2. The van der Waals surface area contributed by atoms with Gasteiger partial charge in [0, 0.05) is 79.9 Å². The number of aromatic nitrogens is 11. The van der Waals surface area contributed by atoms with Crippen molar-refractivity contribution < 1.29 is 9.59 Å². The predicted molar refractivity (Wildman–Crippen MR) is 286 cm³/mol. The van der Waals surface area contributed by atoms with E-state index in [1.165, 1.54) is 11.6 Å². The van der Waals surface area contributed by atoms with Gasteiger partial charge in [-0.15, -0.1) is 0 Å². The Bertz CT molecular complexity index is 3560. The number of benzene rings is 2. The summed E-state index contributed by atoms with van der Waals surface area (Å²) in [5, 5.41) is 2.08. The van der Waals surface area contributed by atoms with Crippen LogP contribution in [0.25, 0.3) is 65.9 Å². The molecule has 2 N–H and O–H groups in total. The van der Waals surface area contributed by atoms with Crippen LogP contribution in [0.5, 0.6) is 0 Å². The van der Waals surface area contributed by atoms with Crippen LogP contribution in [0.15, 0.2) is 140 Å². The summed E-state index contributed by atoms with van der Waals surface area (Å²) in [4.78, 5) is 59.7. The van der Waals surface area contributed by atoms with Crippen molar-refractivity contribution in [2.45, 2.75) is 62.3 Å². The molecule has 70 heavy (non-hydrogen) atoms. The van der Waals surface area contributed by atoms with Gasteiger partial charge in [0.1, 0.15) is 12.1 Å². The Kier molecular flexibility index (Phi) is 18.2. The molecule has 11 aromatic rings. The van der Waals surface area contributed by atoms with Crippen molar-refractivity contribution in [1.82, 2.24) is 54.0 Å². The normalized spacial score (nSPS) is 10.5. The van der Waals surface area contributed by atoms with Crippen LogP contribution in [0.4, 0.5) is 5.69 Å². The molecule has 0 radical (unpaired) electrons. The van der Waals surface area contributed by atoms with Crippen molar-refractivity contribution in [3.63, 3.8) is 0 Å². The molecule has 14 nitrogen and oxygen atoms in total. The summed E-state index contributed by atoms with van der Waals surface area (Å²) in [6.07, 6.45) is 16.9. The fourth-order valence-corrected chi connectivity index (χ4v) is 7.39. The number of fused-ring (bicyclic) bond motifs is 8. The smallest absolute Gasteiger partial charge is 0.185 e. The number of rotatable bonds is 5. The maximum absolute atomic E-state index is 10.8. The molecule has 9 heterocycles. The Morgan fingerprint density at radius 2 is 1.09 bits per heavy atom. The number of anilines is 1. The van der Waals surface area contributed by atoms with E-state index in [0.29, 0.717) is 5.82 Å². The number of nitrogens with two attached hydrogens (primary N) is 1. The van der Waals surface area contributed by atoms with Gasteiger partial charge in [0.2, 0.25) is 0 Å². The molecule has 2 aromatic carbocycles. The lowest BCUT2D eigenvalue weighted by Gasteiger charge is -2.05. The fraction of sp³-hybridized carbons (Fsp3) is 0.196. The summed E-state index contributed by atoms with van der Waals surface area (Å²) >= 11 is 0. The zero-order chi connectivity index (χ0) is 48.2. The maximum Gasteiger partial charge on any atom is 0.185 e. The Morgan fingerprint density at radius 1 is 0.543 bits per heavy atom. The molecule has 14 heteroatoms. The van der Waals surface area contributed by atoms with Crippen LogP contribution in [0.2, 0.25) is 0 Å². The first kappa shape index (κ1) is 52.3. The second-order valence-corrected chi connectivity index (χ2v) is 15.9. The van der Waals surface area contributed by atoms with Gasteiger partial charge in [-0.3, -0.25) is 44.5 Å². The number of carbonyl (C=O) groups excluding carboxylic acids is 2. The van der Waals surface area contributed by atoms with E-state index in [0.717, 1.165) is 125 Å². The lowest BCUT2D eigenvalue weighted by molar-refractivity contribution is -0.104. The van der Waals surface area contributed by atoms with Gasteiger partial charge in [0.25, 0.3) is 0 Å². The van der Waals surface area contributed by atoms with Crippen molar-refractivity contribution in [1.29, 1.82) is 0 Å². The molecule has 0 spiro atoms. The molecule has 0 aliphatic heterocycles. The summed E-state index contributed by atoms with van der Waals surface area (Å²) in [5.74, 6) is 1.50. The van der Waals surface area contributed by atoms with E-state index < -0.39 is 0 Å². The number of pyridine rings is 7. The number of aryl methyl sites for hydroxylation is 8. The minimum atomic E-state index is 0. The average Bonchev–Trinajstić information content (AvgIpc) is 3.88. The summed E-state index contributed by atoms with van der Waals surface area (Å²) in [6.45, 7) is 9.87. The number of aldehydes is 2. The van der Waals surface area contributed by atoms with E-state index >= 15 is 0 Å². The van der Waals surface area contributed by atoms with Crippen LogP contribution in [-0.4, -0.2) is 66.6 Å². The van der Waals surface area contributed by atoms with Gasteiger partial charge in [-0.1, -0.05) is 20.9 Å². The van der Waals surface area contributed by atoms with Crippen LogP contribution in [0.3, 0.4) is 0 Å². The lowest BCUT2D eigenvalue weighted by Crippen LogP contribution is -2.02. The summed E-state index contributed by atoms with van der Waals surface area (Å²) in [7, 11) is 3.91. The molecule has 0 amide bonds. The standard InChI is InChI=1S/C22H19N5.C12H9N3O.C10H10N2.C6H8N2.C4H6O.2CH4/c1-14-11-13-24-18-7-5-15(25-21(14)18)6-10-20-26-22-16-4-3-12-23-17(16)8-9-19(22)27(20)2;1-15-10-5-4-9-8(3-2-6-13-9)12(10)14-11(15)7-16;1-7-5-6-11-9-4-3-8(2)12-10(7)9;1-5-2-3-8-4-6(5)7;1-2-3-4-5;;/h3-5,7-9,11-13H,6,10H2,1-2H3;2-7H,1H3;3-6H,1-2H3;2-4H,7H2,1H3;2-4H,1H3;2*1H4/b;;;;3-2+;;. The van der Waals surface area contributed by atoms with E-state index in [2.05, 4.69) is 90.7 Å². The molecular formula is C56H60N12O2. The molecule has 0 unspecified atom stereocenters. The van der Waals surface area contributed by atoms with Gasteiger partial charge in [-0.25, -0.2) is 9.97 Å². The van der Waals surface area contributed by atoms with E-state index in [-0.39, 0.29) is 14.9 Å². The highest BCUT2D eigenvalue weighted by atomic mass is 16.1. The van der Waals surface area contributed by atoms with Crippen molar-refractivity contribution >= 4 is 84.2 Å². The Balaban J connectivity index is 0.000000181. The summed E-state index contributed by atoms with van der Waals surface area (Å²) in [5.41, 5.74) is 21.5. The highest BCUT2D eigenvalue weighted by Crippen LogP contribution is 2.26. The molecule has 11 rings (SSSR count). The first-order chi connectivity index (χ1) is 33.0. The first-order valence-corrected chi connectivity index (χ1v) is 22.0. The molecule has 0 aliphatic rings. The lowest BCUT2D eigenvalue weighted by atomic mass is 10.1. The van der Waals surface area contributed by atoms with Crippen molar-refractivity contribution in [2.24, 2.45) is 14.1 Å². The number of hydrogen-bond acceptors (Lipinski definition) is 12. The van der Waals surface area contributed by atoms with Gasteiger partial charge < -0.3 is 14.9 Å². The van der Waals surface area contributed by atoms with Crippen LogP contribution >= 0.6 is 0 Å². The Labute approximate surface area is 408 Å². The van der Waals surface area contributed by atoms with Gasteiger partial charge in [-0.05, 0) is 155 Å². The van der Waals surface area contributed by atoms with Crippen LogP contribution in [0, 0.1) is 27.7 Å². The van der Waals surface area contributed by atoms with Gasteiger partial charge in [0.15, 0.2) is 12.1 Å². The second kappa shape index (κ2) is 24.4. The zero-order valence-corrected chi connectivity index (χ0v) is 39.2. The average molecular weight is 933 g/mol. The van der Waals surface area contributed by atoms with E-state index in [1.54, 1.807) is 36.2 Å². The number of nitrogens with zero attached hydrogens (tertiary/aromatic N) is 11. The quantitative estimate of drug-likeness (QED) is 0.127. The van der Waals surface area contributed by atoms with Crippen molar-refractivity contribution in [2.75, 3.05) is 5.73 Å². The Hall–Kier alpha value is -8.65. The van der Waals surface area contributed by atoms with Crippen LogP contribution in [-0.2, 0) is 31.7 Å². The highest BCUT2D eigenvalue weighted by Gasteiger charge is 2.13. The number of nitrogen functional groups attached to an aromatic ring is 1. The molecule has 0 saturated carbocycles. The van der Waals surface area contributed by atoms with Crippen LogP contribution < -0.4 is 5.73 Å². The van der Waals surface area contributed by atoms with Gasteiger partial charge in [-0.2, -0.15) is 0 Å². The third kappa shape index (κ3) is 12.1. The third-order valence-electron chi connectivity index (χ3n) is 11.2. The van der Waals surface area contributed by atoms with Crippen LogP contribution in [0.1, 0.15) is 66.3 Å². The molecule has 0 bridgehead atoms. The molecule has 0 fully saturated rings. The molecule has 0 saturated heterocycles. The van der Waals surface area contributed by atoms with E-state index in [4.69, 9.17) is 15.7 Å². The SMILES string of the molecule is C.C.C/C=C/C=O.Cc1ccc2nccc(C)c2n1.Cc1ccnc2ccc(CCc3nc4c5cccnc5ccc4n3C)nc12.Cc1ccncc1N.Cn1c(C=O)nc2c3cccnc3ccc21. The molecule has 356 valence electrons. The minimum Gasteiger partial charge on any atom is -0.397 e. The Morgan fingerprint density at radius 3 is 1.63 bits per heavy atom. The zero-order valence-electron chi connectivity index (χ0n) is 39.2. The van der Waals surface area contributed by atoms with Crippen molar-refractivity contribution in [3.05, 3.63) is 180 Å². The highest BCUT2D eigenvalue weighted by molar-refractivity contribution is 6.04. The molecular weight excluding hydrogens is 873 g/mol. The third-order valence-corrected chi connectivity index (χ3v) is 11.2. The van der Waals surface area contributed by atoms with Gasteiger partial charge >= 0.3 is 0 Å². The first-order valence-electron chi connectivity index (χ1n) is 22.0. The largest absolute Gasteiger partial charge is 0.397 e. The summed E-state index contributed by atoms with van der Waals surface area (Å²) in [6, 6.07) is 29.9. The maximum atomic E-state index is 10.8. The molecule has 9 aromatic heterocycles. The van der Waals surface area contributed by atoms with E-state index in [1.807, 2.05) is 100 Å². The van der Waals surface area contributed by atoms with Gasteiger partial charge in [0.05, 0.1) is 60.9 Å². The predicted octanol–water partition coefficient (Wildman–Crippen LogP) is 11.3. The van der Waals surface area contributed by atoms with Crippen molar-refractivity contribution in [3.8, 4) is 0 Å². The number of imidazole rings is 2. The topological polar surface area (TPSA) is 186 Å². The number of hydrogen-bond donors (Lipinski definition) is 1. The summed E-state index contributed by atoms with van der Waals surface area (Å²) < 4.78 is 3.96. The molecule has 0 aliphatic carbocycles. The second-order valence-electron chi connectivity index (χ2n) is 15.9. The van der Waals surface area contributed by atoms with E-state index in [9.17, 15) is 9.59 Å². The number of carbonyl (C=O) groups is 2. The minimum absolute atomic E-state index is 0. The molecule has 0 atom stereocenters. The monoisotopic (exact) mass is 932 g/mol. The fourth-order valence-electron chi connectivity index (χ4n) is 7.39.